The third-order valence-corrected chi connectivity index (χ3v) is 6.85. The third-order valence-electron chi connectivity index (χ3n) is 6.85. The fourth-order valence-electron chi connectivity index (χ4n) is 4.35. The molecule has 43 heavy (non-hydrogen) atoms. The highest BCUT2D eigenvalue weighted by molar-refractivity contribution is 5.69. The van der Waals surface area contributed by atoms with Crippen LogP contribution in [0.4, 0.5) is 0 Å². The van der Waals surface area contributed by atoms with Crippen LogP contribution in [-0.2, 0) is 14.3 Å². The molecule has 0 saturated carbocycles. The Labute approximate surface area is 264 Å². The van der Waals surface area contributed by atoms with Gasteiger partial charge in [-0.3, -0.25) is 9.59 Å². The number of hydrogen-bond donors (Lipinski definition) is 1. The normalized spacial score (nSPS) is 13.3. The number of unbranched alkanes of at least 4 members (excludes halogenated alkanes) is 8. The summed E-state index contributed by atoms with van der Waals surface area (Å²) in [7, 11) is 0. The summed E-state index contributed by atoms with van der Waals surface area (Å²) >= 11 is 0. The Kier molecular flexibility index (Phi) is 31.4. The van der Waals surface area contributed by atoms with Crippen molar-refractivity contribution in [1.82, 2.24) is 0 Å². The van der Waals surface area contributed by atoms with Crippen molar-refractivity contribution < 1.29 is 19.4 Å². The highest BCUT2D eigenvalue weighted by Crippen LogP contribution is 2.14. The van der Waals surface area contributed by atoms with Gasteiger partial charge in [0.25, 0.3) is 0 Å². The second-order valence-electron chi connectivity index (χ2n) is 11.0. The van der Waals surface area contributed by atoms with E-state index in [2.05, 4.69) is 98.9 Å². The molecule has 0 aliphatic rings. The smallest absolute Gasteiger partial charge is 0.306 e. The summed E-state index contributed by atoms with van der Waals surface area (Å²) in [5.41, 5.74) is 0. The van der Waals surface area contributed by atoms with Gasteiger partial charge in [-0.1, -0.05) is 131 Å². The lowest BCUT2D eigenvalue weighted by Crippen LogP contribution is -2.16. The van der Waals surface area contributed by atoms with Gasteiger partial charge in [0.05, 0.1) is 0 Å². The van der Waals surface area contributed by atoms with E-state index in [1.165, 1.54) is 32.1 Å². The minimum atomic E-state index is -0.736. The molecule has 1 unspecified atom stereocenters. The zero-order valence-electron chi connectivity index (χ0n) is 27.5. The van der Waals surface area contributed by atoms with E-state index in [-0.39, 0.29) is 18.5 Å². The van der Waals surface area contributed by atoms with Crippen molar-refractivity contribution in [1.29, 1.82) is 0 Å². The maximum Gasteiger partial charge on any atom is 0.306 e. The van der Waals surface area contributed by atoms with Crippen LogP contribution in [0, 0.1) is 0 Å². The van der Waals surface area contributed by atoms with Crippen molar-refractivity contribution in [3.63, 3.8) is 0 Å². The largest absolute Gasteiger partial charge is 0.481 e. The van der Waals surface area contributed by atoms with Crippen LogP contribution in [0.5, 0.6) is 0 Å². The van der Waals surface area contributed by atoms with Crippen molar-refractivity contribution in [3.8, 4) is 0 Å². The van der Waals surface area contributed by atoms with Crippen LogP contribution in [0.1, 0.15) is 142 Å². The van der Waals surface area contributed by atoms with E-state index in [0.29, 0.717) is 19.3 Å². The van der Waals surface area contributed by atoms with Crippen molar-refractivity contribution in [2.45, 2.75) is 148 Å². The van der Waals surface area contributed by atoms with Crippen LogP contribution in [0.25, 0.3) is 0 Å². The van der Waals surface area contributed by atoms with Gasteiger partial charge in [-0.15, -0.1) is 0 Å². The quantitative estimate of drug-likeness (QED) is 0.0531. The van der Waals surface area contributed by atoms with E-state index < -0.39 is 5.97 Å². The molecule has 0 bridgehead atoms. The van der Waals surface area contributed by atoms with Crippen LogP contribution in [-0.4, -0.2) is 23.1 Å². The van der Waals surface area contributed by atoms with Crippen molar-refractivity contribution in [2.75, 3.05) is 0 Å². The summed E-state index contributed by atoms with van der Waals surface area (Å²) in [5.74, 6) is -0.886. The molecule has 4 heteroatoms. The van der Waals surface area contributed by atoms with Gasteiger partial charge in [0, 0.05) is 12.8 Å². The predicted octanol–water partition coefficient (Wildman–Crippen LogP) is 11.7. The molecule has 0 aliphatic heterocycles. The Bertz CT molecular complexity index is 856. The van der Waals surface area contributed by atoms with Gasteiger partial charge in [-0.25, -0.2) is 0 Å². The standard InChI is InChI=1S/C39H62O4/c1-3-5-7-9-11-12-13-14-15-16-17-18-19-20-21-22-24-26-32-36-39(42)43-37(33-29-25-23-10-8-6-4-2)34-30-27-28-31-35-38(40)41/h5,7,11-12,14-15,17-18,20-21,24,26,29,33,37H,3-4,6,8-10,13,16,19,22-23,25,27-28,30-32,34-36H2,1-2H3,(H,40,41)/b7-5-,12-11-,15-14-,18-17-,21-20-,26-24-,33-29-. The number of carboxylic acid groups (broad SMARTS) is 1. The van der Waals surface area contributed by atoms with E-state index in [4.69, 9.17) is 9.84 Å². The number of allylic oxidation sites excluding steroid dienone is 13. The molecule has 0 aliphatic carbocycles. The van der Waals surface area contributed by atoms with Crippen LogP contribution in [0.2, 0.25) is 0 Å². The first kappa shape index (κ1) is 40.1. The van der Waals surface area contributed by atoms with Gasteiger partial charge in [0.1, 0.15) is 6.10 Å². The van der Waals surface area contributed by atoms with Crippen LogP contribution >= 0.6 is 0 Å². The predicted molar refractivity (Wildman–Crippen MR) is 185 cm³/mol. The zero-order chi connectivity index (χ0) is 31.5. The molecular formula is C39H62O4. The summed E-state index contributed by atoms with van der Waals surface area (Å²) in [6.07, 6.45) is 48.9. The molecule has 0 amide bonds. The average Bonchev–Trinajstić information content (AvgIpc) is 2.99. The Balaban J connectivity index is 4.17. The minimum Gasteiger partial charge on any atom is -0.481 e. The fourth-order valence-corrected chi connectivity index (χ4v) is 4.35. The van der Waals surface area contributed by atoms with E-state index in [9.17, 15) is 9.59 Å². The summed E-state index contributed by atoms with van der Waals surface area (Å²) in [4.78, 5) is 23.1. The lowest BCUT2D eigenvalue weighted by atomic mass is 10.1. The van der Waals surface area contributed by atoms with Crippen LogP contribution in [0.3, 0.4) is 0 Å². The molecule has 0 aromatic rings. The van der Waals surface area contributed by atoms with E-state index in [1.807, 2.05) is 0 Å². The van der Waals surface area contributed by atoms with Crippen molar-refractivity contribution in [2.24, 2.45) is 0 Å². The Morgan fingerprint density at radius 2 is 1.07 bits per heavy atom. The molecule has 0 aromatic carbocycles. The molecule has 0 saturated heterocycles. The first-order chi connectivity index (χ1) is 21.1. The average molecular weight is 595 g/mol. The zero-order valence-corrected chi connectivity index (χ0v) is 27.5. The summed E-state index contributed by atoms with van der Waals surface area (Å²) in [5, 5.41) is 8.79. The van der Waals surface area contributed by atoms with Crippen LogP contribution in [0.15, 0.2) is 85.1 Å². The van der Waals surface area contributed by atoms with E-state index in [0.717, 1.165) is 70.6 Å². The summed E-state index contributed by atoms with van der Waals surface area (Å²) in [6.45, 7) is 4.38. The minimum absolute atomic E-state index is 0.150. The van der Waals surface area contributed by atoms with E-state index in [1.54, 1.807) is 0 Å². The first-order valence-corrected chi connectivity index (χ1v) is 17.1. The monoisotopic (exact) mass is 594 g/mol. The number of aliphatic carboxylic acids is 1. The number of carbonyl (C=O) groups excluding carboxylic acids is 1. The van der Waals surface area contributed by atoms with Gasteiger partial charge >= 0.3 is 11.9 Å². The lowest BCUT2D eigenvalue weighted by Gasteiger charge is -2.14. The third kappa shape index (κ3) is 33.5. The van der Waals surface area contributed by atoms with Crippen molar-refractivity contribution in [3.05, 3.63) is 85.1 Å². The topological polar surface area (TPSA) is 63.6 Å². The fraction of sp³-hybridized carbons (Fsp3) is 0.590. The van der Waals surface area contributed by atoms with E-state index >= 15 is 0 Å². The molecule has 0 fully saturated rings. The molecular weight excluding hydrogens is 532 g/mol. The number of hydrogen-bond acceptors (Lipinski definition) is 3. The maximum atomic E-state index is 12.5. The number of esters is 1. The number of rotatable bonds is 29. The Morgan fingerprint density at radius 1 is 0.558 bits per heavy atom. The van der Waals surface area contributed by atoms with Crippen LogP contribution < -0.4 is 0 Å². The molecule has 1 N–H and O–H groups in total. The SMILES string of the molecule is CC/C=C\C/C=C\C/C=C\C/C=C\C/C=C\C/C=C\CCC(=O)OC(/C=C\CCCCCCC)CCCCCCC(=O)O. The number of carbonyl (C=O) groups is 2. The molecule has 0 aromatic heterocycles. The van der Waals surface area contributed by atoms with Gasteiger partial charge in [0.2, 0.25) is 0 Å². The first-order valence-electron chi connectivity index (χ1n) is 17.1. The highest BCUT2D eigenvalue weighted by Gasteiger charge is 2.11. The highest BCUT2D eigenvalue weighted by atomic mass is 16.5. The number of carboxylic acids is 1. The lowest BCUT2D eigenvalue weighted by molar-refractivity contribution is -0.147. The Hall–Kier alpha value is -2.88. The molecule has 0 heterocycles. The second-order valence-corrected chi connectivity index (χ2v) is 11.0. The molecule has 1 atom stereocenters. The molecule has 0 spiro atoms. The van der Waals surface area contributed by atoms with Crippen molar-refractivity contribution >= 4 is 11.9 Å². The van der Waals surface area contributed by atoms with Gasteiger partial charge in [-0.05, 0) is 83.1 Å². The second kappa shape index (κ2) is 33.6. The molecule has 0 radical (unpaired) electrons. The van der Waals surface area contributed by atoms with Gasteiger partial charge in [-0.2, -0.15) is 0 Å². The van der Waals surface area contributed by atoms with Gasteiger partial charge < -0.3 is 9.84 Å². The molecule has 4 nitrogen and oxygen atoms in total. The van der Waals surface area contributed by atoms with Gasteiger partial charge in [0.15, 0.2) is 0 Å². The summed E-state index contributed by atoms with van der Waals surface area (Å²) < 4.78 is 5.79. The Morgan fingerprint density at radius 3 is 1.63 bits per heavy atom. The summed E-state index contributed by atoms with van der Waals surface area (Å²) in [6, 6.07) is 0. The molecule has 242 valence electrons. The number of ether oxygens (including phenoxy) is 1. The molecule has 0 rings (SSSR count). The maximum absolute atomic E-state index is 12.5.